The molecule has 19 heavy (non-hydrogen) atoms. The minimum Gasteiger partial charge on any atom is -0.481 e. The predicted octanol–water partition coefficient (Wildman–Crippen LogP) is 2.32. The highest BCUT2D eigenvalue weighted by Crippen LogP contribution is 2.38. The van der Waals surface area contributed by atoms with Crippen LogP contribution >= 0.6 is 0 Å². The summed E-state index contributed by atoms with van der Waals surface area (Å²) in [4.78, 5) is 25.2. The topological polar surface area (TPSA) is 57.6 Å². The number of benzene rings is 1. The van der Waals surface area contributed by atoms with Gasteiger partial charge in [0.2, 0.25) is 5.91 Å². The molecule has 1 heterocycles. The summed E-state index contributed by atoms with van der Waals surface area (Å²) in [5, 5.41) is 9.34. The molecule has 1 amide bonds. The quantitative estimate of drug-likeness (QED) is 0.905. The largest absolute Gasteiger partial charge is 0.481 e. The molecule has 1 aliphatic heterocycles. The maximum absolute atomic E-state index is 12.1. The average Bonchev–Trinajstić information content (AvgIpc) is 2.68. The second kappa shape index (κ2) is 5.43. The number of likely N-dealkylation sites (tertiary alicyclic amines) is 1. The van der Waals surface area contributed by atoms with Crippen molar-refractivity contribution >= 4 is 11.9 Å². The molecule has 0 unspecified atom stereocenters. The molecule has 0 spiro atoms. The van der Waals surface area contributed by atoms with Crippen LogP contribution in [0.2, 0.25) is 0 Å². The number of amides is 1. The lowest BCUT2D eigenvalue weighted by atomic mass is 9.93. The Morgan fingerprint density at radius 3 is 2.53 bits per heavy atom. The van der Waals surface area contributed by atoms with Gasteiger partial charge in [-0.15, -0.1) is 0 Å². The molecule has 1 aromatic carbocycles. The fourth-order valence-electron chi connectivity index (χ4n) is 2.68. The van der Waals surface area contributed by atoms with Crippen LogP contribution in [0.25, 0.3) is 0 Å². The van der Waals surface area contributed by atoms with Gasteiger partial charge in [-0.2, -0.15) is 0 Å². The normalized spacial score (nSPS) is 23.1. The van der Waals surface area contributed by atoms with Crippen molar-refractivity contribution in [2.75, 3.05) is 6.54 Å². The highest BCUT2D eigenvalue weighted by atomic mass is 16.4. The van der Waals surface area contributed by atoms with Crippen LogP contribution in [0.3, 0.4) is 0 Å². The van der Waals surface area contributed by atoms with Crippen LogP contribution in [0.1, 0.15) is 31.9 Å². The molecule has 0 bridgehead atoms. The molecule has 4 heteroatoms. The number of carbonyl (C=O) groups is 2. The smallest absolute Gasteiger partial charge is 0.309 e. The number of rotatable bonds is 4. The number of carboxylic acid groups (broad SMARTS) is 1. The van der Waals surface area contributed by atoms with E-state index in [0.29, 0.717) is 12.5 Å². The van der Waals surface area contributed by atoms with E-state index in [1.807, 2.05) is 44.2 Å². The van der Waals surface area contributed by atoms with E-state index in [2.05, 4.69) is 0 Å². The van der Waals surface area contributed by atoms with E-state index in [4.69, 9.17) is 0 Å². The minimum atomic E-state index is -0.895. The van der Waals surface area contributed by atoms with Crippen molar-refractivity contribution in [1.82, 2.24) is 4.90 Å². The van der Waals surface area contributed by atoms with E-state index >= 15 is 0 Å². The molecule has 2 atom stereocenters. The first kappa shape index (κ1) is 13.6. The molecule has 1 aliphatic rings. The van der Waals surface area contributed by atoms with Gasteiger partial charge >= 0.3 is 5.97 Å². The lowest BCUT2D eigenvalue weighted by molar-refractivity contribution is -0.142. The van der Waals surface area contributed by atoms with Gasteiger partial charge in [-0.3, -0.25) is 9.59 Å². The van der Waals surface area contributed by atoms with Crippen molar-refractivity contribution in [1.29, 1.82) is 0 Å². The summed E-state index contributed by atoms with van der Waals surface area (Å²) < 4.78 is 0. The van der Waals surface area contributed by atoms with Gasteiger partial charge in [0, 0.05) is 13.0 Å². The van der Waals surface area contributed by atoms with Crippen molar-refractivity contribution < 1.29 is 14.7 Å². The molecule has 0 radical (unpaired) electrons. The summed E-state index contributed by atoms with van der Waals surface area (Å²) in [5.41, 5.74) is 0.904. The summed E-state index contributed by atoms with van der Waals surface area (Å²) in [7, 11) is 0. The zero-order chi connectivity index (χ0) is 14.0. The van der Waals surface area contributed by atoms with Gasteiger partial charge in [-0.25, -0.2) is 0 Å². The molecule has 102 valence electrons. The highest BCUT2D eigenvalue weighted by Gasteiger charge is 2.44. The Morgan fingerprint density at radius 1 is 1.37 bits per heavy atom. The lowest BCUT2D eigenvalue weighted by Gasteiger charge is -2.28. The molecule has 1 aromatic rings. The molecule has 0 saturated carbocycles. The van der Waals surface area contributed by atoms with Gasteiger partial charge < -0.3 is 10.0 Å². The van der Waals surface area contributed by atoms with Crippen molar-refractivity contribution in [2.24, 2.45) is 11.8 Å². The Morgan fingerprint density at radius 2 is 2.00 bits per heavy atom. The van der Waals surface area contributed by atoms with E-state index in [0.717, 1.165) is 5.56 Å². The molecule has 2 rings (SSSR count). The monoisotopic (exact) mass is 261 g/mol. The zero-order valence-electron chi connectivity index (χ0n) is 11.2. The van der Waals surface area contributed by atoms with E-state index in [9.17, 15) is 14.7 Å². The zero-order valence-corrected chi connectivity index (χ0v) is 11.2. The number of nitrogens with zero attached hydrogens (tertiary/aromatic N) is 1. The van der Waals surface area contributed by atoms with Crippen molar-refractivity contribution in [3.05, 3.63) is 35.9 Å². The van der Waals surface area contributed by atoms with E-state index < -0.39 is 11.9 Å². The Hall–Kier alpha value is -1.84. The molecule has 0 aliphatic carbocycles. The van der Waals surface area contributed by atoms with Gasteiger partial charge in [0.25, 0.3) is 0 Å². The Bertz CT molecular complexity index is 470. The van der Waals surface area contributed by atoms with Gasteiger partial charge in [0.05, 0.1) is 12.0 Å². The number of hydrogen-bond donors (Lipinski definition) is 1. The molecule has 1 fully saturated rings. The van der Waals surface area contributed by atoms with E-state index in [-0.39, 0.29) is 18.4 Å². The van der Waals surface area contributed by atoms with Crippen LogP contribution in [0, 0.1) is 11.8 Å². The lowest BCUT2D eigenvalue weighted by Crippen LogP contribution is -2.33. The number of carboxylic acids is 1. The fourth-order valence-corrected chi connectivity index (χ4v) is 2.68. The summed E-state index contributed by atoms with van der Waals surface area (Å²) in [6.45, 7) is 4.66. The number of carbonyl (C=O) groups excluding carboxylic acids is 1. The Labute approximate surface area is 113 Å². The van der Waals surface area contributed by atoms with Gasteiger partial charge in [0.1, 0.15) is 0 Å². The molecular formula is C15H19NO3. The minimum absolute atomic E-state index is 0.0602. The summed E-state index contributed by atoms with van der Waals surface area (Å²) in [5.74, 6) is -1.28. The average molecular weight is 261 g/mol. The third-order valence-electron chi connectivity index (χ3n) is 3.45. The van der Waals surface area contributed by atoms with E-state index in [1.165, 1.54) is 0 Å². The second-order valence-corrected chi connectivity index (χ2v) is 5.44. The van der Waals surface area contributed by atoms with Crippen LogP contribution in [-0.4, -0.2) is 28.4 Å². The summed E-state index contributed by atoms with van der Waals surface area (Å²) in [6.07, 6.45) is 0.0988. The van der Waals surface area contributed by atoms with Crippen LogP contribution in [0.4, 0.5) is 0 Å². The third kappa shape index (κ3) is 2.78. The molecule has 4 nitrogen and oxygen atoms in total. The SMILES string of the molecule is CC(C)CN1C(=O)C[C@@H](C(=O)O)[C@@H]1c1ccccc1. The Kier molecular flexibility index (Phi) is 3.88. The van der Waals surface area contributed by atoms with E-state index in [1.54, 1.807) is 4.90 Å². The predicted molar refractivity (Wildman–Crippen MR) is 71.5 cm³/mol. The van der Waals surface area contributed by atoms with Crippen LogP contribution < -0.4 is 0 Å². The first-order chi connectivity index (χ1) is 9.00. The van der Waals surface area contributed by atoms with Crippen molar-refractivity contribution in [3.8, 4) is 0 Å². The van der Waals surface area contributed by atoms with Crippen LogP contribution in [0.5, 0.6) is 0 Å². The maximum Gasteiger partial charge on any atom is 0.309 e. The van der Waals surface area contributed by atoms with Gasteiger partial charge in [-0.05, 0) is 11.5 Å². The Balaban J connectivity index is 2.36. The van der Waals surface area contributed by atoms with Crippen molar-refractivity contribution in [3.63, 3.8) is 0 Å². The number of aliphatic carboxylic acids is 1. The third-order valence-corrected chi connectivity index (χ3v) is 3.45. The van der Waals surface area contributed by atoms with Gasteiger partial charge in [-0.1, -0.05) is 44.2 Å². The standard InChI is InChI=1S/C15H19NO3/c1-10(2)9-16-13(17)8-12(15(18)19)14(16)11-6-4-3-5-7-11/h3-7,10,12,14H,8-9H2,1-2H3,(H,18,19)/t12-,14+/m1/s1. The summed E-state index contributed by atoms with van der Waals surface area (Å²) in [6, 6.07) is 9.10. The first-order valence-electron chi connectivity index (χ1n) is 6.58. The van der Waals surface area contributed by atoms with Crippen LogP contribution in [0.15, 0.2) is 30.3 Å². The van der Waals surface area contributed by atoms with Crippen LogP contribution in [-0.2, 0) is 9.59 Å². The molecular weight excluding hydrogens is 242 g/mol. The molecule has 1 N–H and O–H groups in total. The fraction of sp³-hybridized carbons (Fsp3) is 0.467. The maximum atomic E-state index is 12.1. The number of hydrogen-bond acceptors (Lipinski definition) is 2. The summed E-state index contributed by atoms with van der Waals surface area (Å²) >= 11 is 0. The first-order valence-corrected chi connectivity index (χ1v) is 6.58. The molecule has 0 aromatic heterocycles. The highest BCUT2D eigenvalue weighted by molar-refractivity contribution is 5.87. The second-order valence-electron chi connectivity index (χ2n) is 5.44. The van der Waals surface area contributed by atoms with Crippen molar-refractivity contribution in [2.45, 2.75) is 26.3 Å². The molecule has 1 saturated heterocycles. The van der Waals surface area contributed by atoms with Gasteiger partial charge in [0.15, 0.2) is 0 Å².